The zero-order valence-electron chi connectivity index (χ0n) is 11.0. The van der Waals surface area contributed by atoms with E-state index in [9.17, 15) is 0 Å². The first-order valence-corrected chi connectivity index (χ1v) is 6.56. The third kappa shape index (κ3) is 2.85. The van der Waals surface area contributed by atoms with Crippen molar-refractivity contribution in [2.45, 2.75) is 26.1 Å². The fourth-order valence-electron chi connectivity index (χ4n) is 2.27. The van der Waals surface area contributed by atoms with Crippen LogP contribution in [0.2, 0.25) is 0 Å². The molecule has 2 heterocycles. The van der Waals surface area contributed by atoms with E-state index in [1.54, 1.807) is 0 Å². The Morgan fingerprint density at radius 1 is 1.37 bits per heavy atom. The number of fused-ring (bicyclic) bond motifs is 1. The van der Waals surface area contributed by atoms with Crippen LogP contribution in [0.1, 0.15) is 12.5 Å². The van der Waals surface area contributed by atoms with Gasteiger partial charge < -0.3 is 14.9 Å². The largest absolute Gasteiger partial charge is 0.361 e. The van der Waals surface area contributed by atoms with Crippen LogP contribution in [-0.2, 0) is 13.1 Å². The zero-order valence-corrected chi connectivity index (χ0v) is 11.0. The van der Waals surface area contributed by atoms with Crippen LogP contribution in [-0.4, -0.2) is 20.6 Å². The second kappa shape index (κ2) is 5.28. The van der Waals surface area contributed by atoms with Crippen LogP contribution < -0.4 is 5.32 Å². The van der Waals surface area contributed by atoms with Crippen LogP contribution in [0, 0.1) is 0 Å². The van der Waals surface area contributed by atoms with Crippen LogP contribution in [0.5, 0.6) is 0 Å². The summed E-state index contributed by atoms with van der Waals surface area (Å²) in [6, 6.07) is 9.03. The minimum atomic E-state index is 0.411. The summed E-state index contributed by atoms with van der Waals surface area (Å²) in [7, 11) is 0. The van der Waals surface area contributed by atoms with Crippen molar-refractivity contribution < 1.29 is 0 Å². The molecule has 0 aliphatic heterocycles. The fraction of sp³-hybridized carbons (Fsp3) is 0.267. The van der Waals surface area contributed by atoms with E-state index >= 15 is 0 Å². The van der Waals surface area contributed by atoms with Crippen molar-refractivity contribution in [1.29, 1.82) is 0 Å². The Balaban J connectivity index is 1.59. The Morgan fingerprint density at radius 2 is 2.32 bits per heavy atom. The highest BCUT2D eigenvalue weighted by Gasteiger charge is 2.03. The molecule has 2 N–H and O–H groups in total. The van der Waals surface area contributed by atoms with Gasteiger partial charge in [0.25, 0.3) is 0 Å². The first-order chi connectivity index (χ1) is 9.31. The number of hydrogen-bond donors (Lipinski definition) is 2. The van der Waals surface area contributed by atoms with Gasteiger partial charge >= 0.3 is 0 Å². The summed E-state index contributed by atoms with van der Waals surface area (Å²) in [6.45, 7) is 4.00. The van der Waals surface area contributed by atoms with Crippen LogP contribution in [0.25, 0.3) is 10.9 Å². The minimum Gasteiger partial charge on any atom is -0.361 e. The molecule has 0 radical (unpaired) electrons. The average Bonchev–Trinajstić information content (AvgIpc) is 3.06. The van der Waals surface area contributed by atoms with Gasteiger partial charge in [-0.2, -0.15) is 0 Å². The summed E-state index contributed by atoms with van der Waals surface area (Å²) in [4.78, 5) is 7.30. The molecule has 0 bridgehead atoms. The molecule has 0 saturated carbocycles. The maximum atomic E-state index is 4.05. The monoisotopic (exact) mass is 254 g/mol. The van der Waals surface area contributed by atoms with E-state index in [0.717, 1.165) is 13.1 Å². The van der Waals surface area contributed by atoms with Crippen LogP contribution in [0.3, 0.4) is 0 Å². The molecule has 0 aliphatic carbocycles. The van der Waals surface area contributed by atoms with E-state index in [4.69, 9.17) is 0 Å². The first kappa shape index (κ1) is 12.0. The van der Waals surface area contributed by atoms with Crippen LogP contribution >= 0.6 is 0 Å². The number of aromatic amines is 1. The van der Waals surface area contributed by atoms with Gasteiger partial charge in [-0.25, -0.2) is 4.98 Å². The molecule has 0 saturated heterocycles. The van der Waals surface area contributed by atoms with E-state index in [2.05, 4.69) is 51.0 Å². The zero-order chi connectivity index (χ0) is 13.1. The Kier molecular flexibility index (Phi) is 3.33. The molecular formula is C15H18N4. The third-order valence-electron chi connectivity index (χ3n) is 3.32. The highest BCUT2D eigenvalue weighted by molar-refractivity contribution is 5.79. The SMILES string of the molecule is CC(Cn1ccnc1)NCc1ccc2cc[nH]c2c1. The van der Waals surface area contributed by atoms with Gasteiger partial charge in [-0.05, 0) is 30.0 Å². The number of rotatable bonds is 5. The summed E-state index contributed by atoms with van der Waals surface area (Å²) in [5.74, 6) is 0. The summed E-state index contributed by atoms with van der Waals surface area (Å²) in [5.41, 5.74) is 2.49. The molecule has 0 amide bonds. The quantitative estimate of drug-likeness (QED) is 0.735. The lowest BCUT2D eigenvalue weighted by molar-refractivity contribution is 0.476. The standard InChI is InChI=1S/C15H18N4/c1-12(10-19-7-6-16-11-19)18-9-13-2-3-14-4-5-17-15(14)8-13/h2-8,11-12,17-18H,9-10H2,1H3. The number of benzene rings is 1. The van der Waals surface area contributed by atoms with E-state index in [1.165, 1.54) is 16.5 Å². The van der Waals surface area contributed by atoms with E-state index in [1.807, 2.05) is 24.9 Å². The second-order valence-electron chi connectivity index (χ2n) is 4.94. The molecule has 98 valence electrons. The minimum absolute atomic E-state index is 0.411. The van der Waals surface area contributed by atoms with Gasteiger partial charge in [-0.1, -0.05) is 12.1 Å². The summed E-state index contributed by atoms with van der Waals surface area (Å²) in [6.07, 6.45) is 7.63. The molecule has 1 unspecified atom stereocenters. The maximum absolute atomic E-state index is 4.05. The van der Waals surface area contributed by atoms with Gasteiger partial charge in [0.2, 0.25) is 0 Å². The number of H-pyrrole nitrogens is 1. The Labute approximate surface area is 112 Å². The lowest BCUT2D eigenvalue weighted by Gasteiger charge is -2.14. The second-order valence-corrected chi connectivity index (χ2v) is 4.94. The van der Waals surface area contributed by atoms with Gasteiger partial charge in [0.15, 0.2) is 0 Å². The topological polar surface area (TPSA) is 45.6 Å². The number of aromatic nitrogens is 3. The molecule has 1 aromatic carbocycles. The first-order valence-electron chi connectivity index (χ1n) is 6.56. The van der Waals surface area contributed by atoms with Crippen molar-refractivity contribution in [3.63, 3.8) is 0 Å². The van der Waals surface area contributed by atoms with Gasteiger partial charge in [0, 0.05) is 43.2 Å². The van der Waals surface area contributed by atoms with E-state index < -0.39 is 0 Å². The Hall–Kier alpha value is -2.07. The van der Waals surface area contributed by atoms with E-state index in [-0.39, 0.29) is 0 Å². The number of nitrogens with zero attached hydrogens (tertiary/aromatic N) is 2. The average molecular weight is 254 g/mol. The predicted molar refractivity (Wildman–Crippen MR) is 76.8 cm³/mol. The highest BCUT2D eigenvalue weighted by Crippen LogP contribution is 2.14. The molecule has 1 atom stereocenters. The lowest BCUT2D eigenvalue weighted by atomic mass is 10.1. The van der Waals surface area contributed by atoms with E-state index in [0.29, 0.717) is 6.04 Å². The lowest BCUT2D eigenvalue weighted by Crippen LogP contribution is -2.29. The van der Waals surface area contributed by atoms with Crippen LogP contribution in [0.4, 0.5) is 0 Å². The van der Waals surface area contributed by atoms with Crippen molar-refractivity contribution in [3.05, 3.63) is 54.7 Å². The molecule has 4 nitrogen and oxygen atoms in total. The number of imidazole rings is 1. The molecule has 2 aromatic heterocycles. The number of nitrogens with one attached hydrogen (secondary N) is 2. The molecule has 19 heavy (non-hydrogen) atoms. The molecule has 4 heteroatoms. The van der Waals surface area contributed by atoms with Crippen LogP contribution in [0.15, 0.2) is 49.2 Å². The third-order valence-corrected chi connectivity index (χ3v) is 3.32. The summed E-state index contributed by atoms with van der Waals surface area (Å²) >= 11 is 0. The van der Waals surface area contributed by atoms with Crippen molar-refractivity contribution >= 4 is 10.9 Å². The maximum Gasteiger partial charge on any atom is 0.0946 e. The van der Waals surface area contributed by atoms with Crippen molar-refractivity contribution in [1.82, 2.24) is 19.9 Å². The molecule has 0 aliphatic rings. The van der Waals surface area contributed by atoms with Crippen molar-refractivity contribution in [2.75, 3.05) is 0 Å². The fourth-order valence-corrected chi connectivity index (χ4v) is 2.27. The van der Waals surface area contributed by atoms with Gasteiger partial charge in [-0.3, -0.25) is 0 Å². The van der Waals surface area contributed by atoms with Gasteiger partial charge in [0.1, 0.15) is 0 Å². The predicted octanol–water partition coefficient (Wildman–Crippen LogP) is 2.54. The Bertz CT molecular complexity index is 639. The molecule has 0 fully saturated rings. The molecular weight excluding hydrogens is 236 g/mol. The normalized spacial score (nSPS) is 12.9. The summed E-state index contributed by atoms with van der Waals surface area (Å²) in [5, 5.41) is 4.79. The molecule has 3 aromatic rings. The van der Waals surface area contributed by atoms with Crippen molar-refractivity contribution in [2.24, 2.45) is 0 Å². The highest BCUT2D eigenvalue weighted by atomic mass is 15.1. The molecule has 0 spiro atoms. The van der Waals surface area contributed by atoms with Crippen molar-refractivity contribution in [3.8, 4) is 0 Å². The van der Waals surface area contributed by atoms with Gasteiger partial charge in [0.05, 0.1) is 6.33 Å². The van der Waals surface area contributed by atoms with Gasteiger partial charge in [-0.15, -0.1) is 0 Å². The smallest absolute Gasteiger partial charge is 0.0946 e. The molecule has 3 rings (SSSR count). The number of hydrogen-bond acceptors (Lipinski definition) is 2. The summed E-state index contributed by atoms with van der Waals surface area (Å²) < 4.78 is 2.09. The Morgan fingerprint density at radius 3 is 3.16 bits per heavy atom.